The Kier molecular flexibility index (Phi) is 5.10. The van der Waals surface area contributed by atoms with Crippen molar-refractivity contribution in [1.82, 2.24) is 5.32 Å². The fourth-order valence-corrected chi connectivity index (χ4v) is 1.74. The van der Waals surface area contributed by atoms with Gasteiger partial charge in [-0.2, -0.15) is 13.2 Å². The van der Waals surface area contributed by atoms with Gasteiger partial charge < -0.3 is 10.4 Å². The molecule has 1 atom stereocenters. The van der Waals surface area contributed by atoms with Gasteiger partial charge in [-0.1, -0.05) is 6.92 Å². The van der Waals surface area contributed by atoms with Crippen LogP contribution in [0.5, 0.6) is 0 Å². The standard InChI is InChI=1S/C12H15F4NO/c1-2-17-11(3-4-18)8-5-9(12(14,15)16)7-10(13)6-8/h5-7,11,17-18H,2-4H2,1H3. The summed E-state index contributed by atoms with van der Waals surface area (Å²) in [7, 11) is 0. The van der Waals surface area contributed by atoms with Gasteiger partial charge in [-0.25, -0.2) is 4.39 Å². The highest BCUT2D eigenvalue weighted by Crippen LogP contribution is 2.32. The Morgan fingerprint density at radius 2 is 1.94 bits per heavy atom. The van der Waals surface area contributed by atoms with Crippen molar-refractivity contribution in [2.24, 2.45) is 0 Å². The van der Waals surface area contributed by atoms with Crippen molar-refractivity contribution in [3.63, 3.8) is 0 Å². The zero-order valence-corrected chi connectivity index (χ0v) is 9.89. The summed E-state index contributed by atoms with van der Waals surface area (Å²) in [5.74, 6) is -0.930. The number of alkyl halides is 3. The van der Waals surface area contributed by atoms with Crippen molar-refractivity contribution >= 4 is 0 Å². The molecule has 0 bridgehead atoms. The summed E-state index contributed by atoms with van der Waals surface area (Å²) in [5, 5.41) is 11.8. The Hall–Kier alpha value is -1.14. The molecule has 0 heterocycles. The van der Waals surface area contributed by atoms with E-state index in [1.54, 1.807) is 6.92 Å². The molecule has 2 nitrogen and oxygen atoms in total. The zero-order valence-electron chi connectivity index (χ0n) is 9.89. The topological polar surface area (TPSA) is 32.3 Å². The monoisotopic (exact) mass is 265 g/mol. The summed E-state index contributed by atoms with van der Waals surface area (Å²) in [4.78, 5) is 0. The third kappa shape index (κ3) is 3.96. The first kappa shape index (κ1) is 14.9. The van der Waals surface area contributed by atoms with Gasteiger partial charge in [0.05, 0.1) is 5.56 Å². The van der Waals surface area contributed by atoms with E-state index in [4.69, 9.17) is 5.11 Å². The molecule has 0 fully saturated rings. The number of halogens is 4. The van der Waals surface area contributed by atoms with E-state index in [-0.39, 0.29) is 18.6 Å². The van der Waals surface area contributed by atoms with Crippen molar-refractivity contribution in [1.29, 1.82) is 0 Å². The molecule has 0 radical (unpaired) electrons. The van der Waals surface area contributed by atoms with Crippen LogP contribution in [0, 0.1) is 5.82 Å². The lowest BCUT2D eigenvalue weighted by molar-refractivity contribution is -0.137. The van der Waals surface area contributed by atoms with E-state index < -0.39 is 23.6 Å². The number of hydrogen-bond donors (Lipinski definition) is 2. The first-order valence-electron chi connectivity index (χ1n) is 5.60. The van der Waals surface area contributed by atoms with Crippen LogP contribution in [-0.2, 0) is 6.18 Å². The third-order valence-corrected chi connectivity index (χ3v) is 2.52. The maximum Gasteiger partial charge on any atom is 0.416 e. The lowest BCUT2D eigenvalue weighted by Gasteiger charge is -2.19. The second-order valence-corrected chi connectivity index (χ2v) is 3.89. The Morgan fingerprint density at radius 3 is 2.44 bits per heavy atom. The van der Waals surface area contributed by atoms with Crippen molar-refractivity contribution in [2.45, 2.75) is 25.6 Å². The van der Waals surface area contributed by atoms with Gasteiger partial charge in [0.25, 0.3) is 0 Å². The molecule has 0 aromatic heterocycles. The molecular weight excluding hydrogens is 250 g/mol. The Labute approximate surface area is 103 Å². The highest BCUT2D eigenvalue weighted by atomic mass is 19.4. The molecule has 0 spiro atoms. The van der Waals surface area contributed by atoms with E-state index in [9.17, 15) is 17.6 Å². The smallest absolute Gasteiger partial charge is 0.396 e. The summed E-state index contributed by atoms with van der Waals surface area (Å²) in [5.41, 5.74) is -0.823. The molecule has 1 aromatic carbocycles. The summed E-state index contributed by atoms with van der Waals surface area (Å²) >= 11 is 0. The lowest BCUT2D eigenvalue weighted by Crippen LogP contribution is -2.22. The van der Waals surface area contributed by atoms with Crippen LogP contribution in [0.25, 0.3) is 0 Å². The molecular formula is C12H15F4NO. The van der Waals surface area contributed by atoms with Crippen LogP contribution in [0.2, 0.25) is 0 Å². The highest BCUT2D eigenvalue weighted by molar-refractivity contribution is 5.29. The number of rotatable bonds is 5. The van der Waals surface area contributed by atoms with E-state index in [1.807, 2.05) is 0 Å². The molecule has 102 valence electrons. The lowest BCUT2D eigenvalue weighted by atomic mass is 10.0. The van der Waals surface area contributed by atoms with Crippen molar-refractivity contribution < 1.29 is 22.7 Å². The van der Waals surface area contributed by atoms with Crippen LogP contribution in [0.4, 0.5) is 17.6 Å². The van der Waals surface area contributed by atoms with E-state index in [0.717, 1.165) is 12.1 Å². The van der Waals surface area contributed by atoms with Crippen LogP contribution in [0.3, 0.4) is 0 Å². The summed E-state index contributed by atoms with van der Waals surface area (Å²) in [6.07, 6.45) is -4.35. The molecule has 1 rings (SSSR count). The molecule has 0 saturated heterocycles. The van der Waals surface area contributed by atoms with Crippen molar-refractivity contribution in [2.75, 3.05) is 13.2 Å². The first-order valence-corrected chi connectivity index (χ1v) is 5.60. The van der Waals surface area contributed by atoms with E-state index in [2.05, 4.69) is 5.32 Å². The van der Waals surface area contributed by atoms with Gasteiger partial charge >= 0.3 is 6.18 Å². The SMILES string of the molecule is CCNC(CCO)c1cc(F)cc(C(F)(F)F)c1. The van der Waals surface area contributed by atoms with E-state index >= 15 is 0 Å². The predicted octanol–water partition coefficient (Wildman–Crippen LogP) is 2.88. The van der Waals surface area contributed by atoms with Gasteiger partial charge in [-0.3, -0.25) is 0 Å². The average Bonchev–Trinajstić information content (AvgIpc) is 2.27. The predicted molar refractivity (Wildman–Crippen MR) is 59.5 cm³/mol. The third-order valence-electron chi connectivity index (χ3n) is 2.52. The minimum Gasteiger partial charge on any atom is -0.396 e. The molecule has 0 amide bonds. The van der Waals surface area contributed by atoms with Crippen LogP contribution < -0.4 is 5.32 Å². The molecule has 18 heavy (non-hydrogen) atoms. The Bertz CT molecular complexity index is 386. The first-order chi connectivity index (χ1) is 8.38. The minimum atomic E-state index is -4.58. The summed E-state index contributed by atoms with van der Waals surface area (Å²) in [6, 6.07) is 1.94. The van der Waals surface area contributed by atoms with Gasteiger partial charge in [0.1, 0.15) is 5.82 Å². The van der Waals surface area contributed by atoms with Crippen LogP contribution in [0.15, 0.2) is 18.2 Å². The van der Waals surface area contributed by atoms with Crippen molar-refractivity contribution in [3.05, 3.63) is 35.1 Å². The number of benzene rings is 1. The Morgan fingerprint density at radius 1 is 1.28 bits per heavy atom. The number of hydrogen-bond acceptors (Lipinski definition) is 2. The van der Waals surface area contributed by atoms with Gasteiger partial charge in [-0.05, 0) is 36.7 Å². The fourth-order valence-electron chi connectivity index (χ4n) is 1.74. The minimum absolute atomic E-state index is 0.185. The average molecular weight is 265 g/mol. The highest BCUT2D eigenvalue weighted by Gasteiger charge is 2.31. The molecule has 0 aliphatic carbocycles. The quantitative estimate of drug-likeness (QED) is 0.802. The maximum absolute atomic E-state index is 13.2. The molecule has 0 saturated carbocycles. The molecule has 0 aliphatic rings. The van der Waals surface area contributed by atoms with Gasteiger partial charge in [-0.15, -0.1) is 0 Å². The molecule has 6 heteroatoms. The fraction of sp³-hybridized carbons (Fsp3) is 0.500. The van der Waals surface area contributed by atoms with Crippen molar-refractivity contribution in [3.8, 4) is 0 Å². The van der Waals surface area contributed by atoms with E-state index in [0.29, 0.717) is 12.6 Å². The van der Waals surface area contributed by atoms with E-state index in [1.165, 1.54) is 0 Å². The van der Waals surface area contributed by atoms with Gasteiger partial charge in [0, 0.05) is 12.6 Å². The second kappa shape index (κ2) is 6.15. The maximum atomic E-state index is 13.2. The number of nitrogens with one attached hydrogen (secondary N) is 1. The molecule has 1 unspecified atom stereocenters. The molecule has 0 aliphatic heterocycles. The molecule has 2 N–H and O–H groups in total. The van der Waals surface area contributed by atoms with Crippen LogP contribution in [0.1, 0.15) is 30.5 Å². The largest absolute Gasteiger partial charge is 0.416 e. The summed E-state index contributed by atoms with van der Waals surface area (Å²) < 4.78 is 50.8. The van der Waals surface area contributed by atoms with Crippen LogP contribution in [-0.4, -0.2) is 18.3 Å². The number of aliphatic hydroxyl groups is 1. The zero-order chi connectivity index (χ0) is 13.8. The van der Waals surface area contributed by atoms with Crippen LogP contribution >= 0.6 is 0 Å². The van der Waals surface area contributed by atoms with Gasteiger partial charge in [0.2, 0.25) is 0 Å². The molecule has 1 aromatic rings. The normalized spacial score (nSPS) is 13.7. The van der Waals surface area contributed by atoms with Gasteiger partial charge in [0.15, 0.2) is 0 Å². The second-order valence-electron chi connectivity index (χ2n) is 3.89. The number of aliphatic hydroxyl groups excluding tert-OH is 1. The Balaban J connectivity index is 3.10. The summed E-state index contributed by atoms with van der Waals surface area (Å²) in [6.45, 7) is 2.12.